The van der Waals surface area contributed by atoms with Crippen LogP contribution >= 0.6 is 0 Å². The van der Waals surface area contributed by atoms with Gasteiger partial charge < -0.3 is 28.3 Å². The predicted molar refractivity (Wildman–Crippen MR) is 30.9 cm³/mol. The van der Waals surface area contributed by atoms with Gasteiger partial charge in [0.05, 0.1) is 0 Å². The van der Waals surface area contributed by atoms with Crippen molar-refractivity contribution >= 4 is 68.3 Å². The maximum atomic E-state index is 8.52. The summed E-state index contributed by atoms with van der Waals surface area (Å²) in [6.45, 7) is 0. The van der Waals surface area contributed by atoms with Crippen molar-refractivity contribution in [2.75, 3.05) is 0 Å². The van der Waals surface area contributed by atoms with Crippen LogP contribution < -0.4 is 0 Å². The zero-order valence-electron chi connectivity index (χ0n) is 5.04. The molecule has 0 aliphatic heterocycles. The Labute approximate surface area is 104 Å². The van der Waals surface area contributed by atoms with E-state index in [1.165, 1.54) is 0 Å². The zero-order chi connectivity index (χ0) is 9.00. The zero-order valence-corrected chi connectivity index (χ0v) is 11.3. The number of hydrogen-bond donors (Lipinski definition) is 4. The van der Waals surface area contributed by atoms with Crippen molar-refractivity contribution in [3.8, 4) is 0 Å². The van der Waals surface area contributed by atoms with E-state index in [1.807, 2.05) is 0 Å². The summed E-state index contributed by atoms with van der Waals surface area (Å²) in [6, 6.07) is 0. The van der Waals surface area contributed by atoms with Crippen LogP contribution in [0.15, 0.2) is 0 Å². The molecule has 0 spiro atoms. The first-order chi connectivity index (χ1) is 4.00. The standard InChI is InChI=1S/Ba.H2O4S.H4O4Si/c;2*1-5(2,3)4/h;(H2,1,2,3,4);1-4H/q+2;;/p-2. The SMILES string of the molecule is O=S(=O)([O-])[O-].O[Si](O)(O)O.[Ba+2]. The molecule has 8 nitrogen and oxygen atoms in total. The van der Waals surface area contributed by atoms with Crippen LogP contribution in [0.5, 0.6) is 0 Å². The van der Waals surface area contributed by atoms with Crippen LogP contribution in [0.3, 0.4) is 0 Å². The summed E-state index contributed by atoms with van der Waals surface area (Å²) in [6.07, 6.45) is 0. The maximum Gasteiger partial charge on any atom is 2.00 e. The van der Waals surface area contributed by atoms with Crippen molar-refractivity contribution in [1.29, 1.82) is 0 Å². The van der Waals surface area contributed by atoms with Crippen LogP contribution in [0.25, 0.3) is 0 Å². The summed E-state index contributed by atoms with van der Waals surface area (Å²) in [5, 5.41) is 0. The van der Waals surface area contributed by atoms with E-state index in [0.29, 0.717) is 0 Å². The van der Waals surface area contributed by atoms with E-state index in [9.17, 15) is 0 Å². The van der Waals surface area contributed by atoms with E-state index in [0.717, 1.165) is 0 Å². The van der Waals surface area contributed by atoms with Gasteiger partial charge in [-0.15, -0.1) is 0 Å². The number of hydrogen-bond acceptors (Lipinski definition) is 8. The Kier molecular flexibility index (Phi) is 11.6. The summed E-state index contributed by atoms with van der Waals surface area (Å²) in [5.41, 5.74) is 0. The first-order valence-electron chi connectivity index (χ1n) is 1.56. The molecule has 0 saturated heterocycles. The molecular formula is H4BaO8SSi. The first kappa shape index (κ1) is 18.3. The molecule has 0 unspecified atom stereocenters. The van der Waals surface area contributed by atoms with Gasteiger partial charge in [0, 0.05) is 10.4 Å². The van der Waals surface area contributed by atoms with Gasteiger partial charge in [-0.2, -0.15) is 0 Å². The molecule has 0 fully saturated rings. The molecule has 0 aromatic carbocycles. The molecule has 0 aromatic heterocycles. The summed E-state index contributed by atoms with van der Waals surface area (Å²) in [5.74, 6) is 0. The average Bonchev–Trinajstić information content (AvgIpc) is 1.12. The third-order valence-corrected chi connectivity index (χ3v) is 0. The number of rotatable bonds is 0. The fourth-order valence-electron chi connectivity index (χ4n) is 0. The smallest absolute Gasteiger partial charge is 0.759 e. The van der Waals surface area contributed by atoms with Crippen molar-refractivity contribution in [2.24, 2.45) is 0 Å². The van der Waals surface area contributed by atoms with Crippen LogP contribution in [-0.2, 0) is 10.4 Å². The van der Waals surface area contributed by atoms with Crippen LogP contribution in [0.1, 0.15) is 0 Å². The summed E-state index contributed by atoms with van der Waals surface area (Å²) >= 11 is 0. The van der Waals surface area contributed by atoms with Crippen LogP contribution in [0.4, 0.5) is 0 Å². The molecule has 0 amide bonds. The Hall–Kier alpha value is 1.50. The summed E-state index contributed by atoms with van der Waals surface area (Å²) in [7, 11) is -9.78. The van der Waals surface area contributed by atoms with Crippen molar-refractivity contribution in [2.45, 2.75) is 0 Å². The average molecular weight is 330 g/mol. The Bertz CT molecular complexity index is 149. The normalized spacial score (nSPS) is 10.7. The van der Waals surface area contributed by atoms with Crippen LogP contribution in [0, 0.1) is 0 Å². The molecule has 64 valence electrons. The minimum absolute atomic E-state index is 0. The van der Waals surface area contributed by atoms with Gasteiger partial charge in [0.15, 0.2) is 0 Å². The molecule has 0 aromatic rings. The van der Waals surface area contributed by atoms with Crippen molar-refractivity contribution in [3.63, 3.8) is 0 Å². The van der Waals surface area contributed by atoms with E-state index >= 15 is 0 Å². The molecule has 0 atom stereocenters. The minimum atomic E-state index is -5.17. The second-order valence-corrected chi connectivity index (χ2v) is 3.02. The van der Waals surface area contributed by atoms with Gasteiger partial charge in [-0.1, -0.05) is 0 Å². The second-order valence-electron chi connectivity index (χ2n) is 1.01. The maximum absolute atomic E-state index is 8.52. The molecule has 11 heteroatoms. The van der Waals surface area contributed by atoms with E-state index in [1.54, 1.807) is 0 Å². The first-order valence-corrected chi connectivity index (χ1v) is 4.68. The van der Waals surface area contributed by atoms with E-state index in [-0.39, 0.29) is 48.9 Å². The monoisotopic (exact) mass is 330 g/mol. The van der Waals surface area contributed by atoms with E-state index in [4.69, 9.17) is 36.7 Å². The van der Waals surface area contributed by atoms with Gasteiger partial charge in [-0.25, -0.2) is 0 Å². The fraction of sp³-hybridized carbons (Fsp3) is 0. The van der Waals surface area contributed by atoms with Crippen molar-refractivity contribution in [3.05, 3.63) is 0 Å². The van der Waals surface area contributed by atoms with Gasteiger partial charge in [0.25, 0.3) is 0 Å². The van der Waals surface area contributed by atoms with Crippen molar-refractivity contribution in [1.82, 2.24) is 0 Å². The van der Waals surface area contributed by atoms with Gasteiger partial charge in [-0.05, 0) is 0 Å². The Morgan fingerprint density at radius 2 is 1.00 bits per heavy atom. The molecule has 0 saturated carbocycles. The molecular weight excluding hydrogens is 325 g/mol. The molecule has 0 aliphatic carbocycles. The van der Waals surface area contributed by atoms with Gasteiger partial charge >= 0.3 is 57.9 Å². The van der Waals surface area contributed by atoms with Gasteiger partial charge in [0.2, 0.25) is 0 Å². The molecule has 0 rings (SSSR count). The Balaban J connectivity index is -0.000000107. The third kappa shape index (κ3) is 462. The van der Waals surface area contributed by atoms with Gasteiger partial charge in [0.1, 0.15) is 0 Å². The van der Waals surface area contributed by atoms with Crippen LogP contribution in [0.2, 0.25) is 0 Å². The van der Waals surface area contributed by atoms with Crippen molar-refractivity contribution < 1.29 is 36.7 Å². The molecule has 0 radical (unpaired) electrons. The summed E-state index contributed by atoms with van der Waals surface area (Å²) in [4.78, 5) is 29.3. The largest absolute Gasteiger partial charge is 2.00 e. The second kappa shape index (κ2) is 6.96. The quantitative estimate of drug-likeness (QED) is 0.197. The minimum Gasteiger partial charge on any atom is -0.759 e. The molecule has 11 heavy (non-hydrogen) atoms. The Morgan fingerprint density at radius 1 is 1.00 bits per heavy atom. The third-order valence-electron chi connectivity index (χ3n) is 0. The predicted octanol–water partition coefficient (Wildman–Crippen LogP) is -4.33. The summed E-state index contributed by atoms with van der Waals surface area (Å²) < 4.78 is 34.1. The molecule has 0 aliphatic rings. The molecule has 0 heterocycles. The Morgan fingerprint density at radius 3 is 1.00 bits per heavy atom. The fourth-order valence-corrected chi connectivity index (χ4v) is 0. The van der Waals surface area contributed by atoms with E-state index in [2.05, 4.69) is 0 Å². The molecule has 4 N–H and O–H groups in total. The van der Waals surface area contributed by atoms with Gasteiger partial charge in [-0.3, -0.25) is 8.42 Å². The molecule has 0 bridgehead atoms. The van der Waals surface area contributed by atoms with Crippen LogP contribution in [-0.4, -0.2) is 94.6 Å². The van der Waals surface area contributed by atoms with E-state index < -0.39 is 19.4 Å². The topological polar surface area (TPSA) is 161 Å².